The molecule has 0 radical (unpaired) electrons. The zero-order chi connectivity index (χ0) is 27.1. The first kappa shape index (κ1) is 30.9. The smallest absolute Gasteiger partial charge is 0.477 e. The van der Waals surface area contributed by atoms with Gasteiger partial charge in [-0.1, -0.05) is 45.6 Å². The molecular formula is C26H39NO9. The van der Waals surface area contributed by atoms with Crippen LogP contribution in [0.5, 0.6) is 11.5 Å². The van der Waals surface area contributed by atoms with Crippen LogP contribution in [0.3, 0.4) is 0 Å². The van der Waals surface area contributed by atoms with Crippen LogP contribution in [-0.4, -0.2) is 48.0 Å². The van der Waals surface area contributed by atoms with E-state index in [0.717, 1.165) is 32.8 Å². The molecule has 2 N–H and O–H groups in total. The van der Waals surface area contributed by atoms with E-state index in [4.69, 9.17) is 14.2 Å². The molecule has 0 unspecified atom stereocenters. The second kappa shape index (κ2) is 15.8. The molecule has 1 aromatic rings. The van der Waals surface area contributed by atoms with Crippen molar-refractivity contribution in [3.05, 3.63) is 23.8 Å². The number of unbranched alkanes of at least 4 members (excludes halogenated alkanes) is 4. The molecule has 1 aromatic carbocycles. The van der Waals surface area contributed by atoms with Gasteiger partial charge in [-0.3, -0.25) is 14.9 Å². The van der Waals surface area contributed by atoms with Crippen LogP contribution < -0.4 is 14.8 Å². The molecule has 0 aliphatic heterocycles. The summed E-state index contributed by atoms with van der Waals surface area (Å²) in [6.07, 6.45) is 3.85. The maximum absolute atomic E-state index is 12.4. The normalized spacial score (nSPS) is 12.5. The molecule has 0 saturated carbocycles. The summed E-state index contributed by atoms with van der Waals surface area (Å²) in [5.74, 6) is -2.36. The van der Waals surface area contributed by atoms with E-state index in [1.54, 1.807) is 13.8 Å². The topological polar surface area (TPSA) is 137 Å². The minimum absolute atomic E-state index is 0.0141. The monoisotopic (exact) mass is 509 g/mol. The average molecular weight is 510 g/mol. The third-order valence-corrected chi connectivity index (χ3v) is 5.17. The summed E-state index contributed by atoms with van der Waals surface area (Å²) in [6.45, 7) is 7.43. The number of hydrogen-bond acceptors (Lipinski definition) is 9. The number of benzene rings is 1. The lowest BCUT2D eigenvalue weighted by molar-refractivity contribution is -0.166. The third-order valence-electron chi connectivity index (χ3n) is 5.17. The van der Waals surface area contributed by atoms with Gasteiger partial charge in [0.2, 0.25) is 0 Å². The van der Waals surface area contributed by atoms with Crippen molar-refractivity contribution in [2.45, 2.75) is 97.2 Å². The lowest BCUT2D eigenvalue weighted by Crippen LogP contribution is -2.59. The molecule has 36 heavy (non-hydrogen) atoms. The van der Waals surface area contributed by atoms with Crippen molar-refractivity contribution in [3.63, 3.8) is 0 Å². The number of methoxy groups -OCH3 is 1. The number of aliphatic carboxylic acids is 1. The Morgan fingerprint density at radius 2 is 1.47 bits per heavy atom. The Morgan fingerprint density at radius 1 is 0.917 bits per heavy atom. The molecule has 0 aliphatic rings. The second-order valence-corrected chi connectivity index (χ2v) is 8.81. The van der Waals surface area contributed by atoms with Crippen molar-refractivity contribution in [1.82, 2.24) is 5.32 Å². The zero-order valence-electron chi connectivity index (χ0n) is 21.9. The molecule has 0 heterocycles. The Labute approximate surface area is 212 Å². The van der Waals surface area contributed by atoms with Gasteiger partial charge in [0.15, 0.2) is 11.5 Å². The second-order valence-electron chi connectivity index (χ2n) is 8.81. The number of carboxylic acids is 1. The molecule has 0 aromatic heterocycles. The van der Waals surface area contributed by atoms with Crippen LogP contribution in [0.2, 0.25) is 0 Å². The quantitative estimate of drug-likeness (QED) is 0.139. The minimum Gasteiger partial charge on any atom is -0.477 e. The van der Waals surface area contributed by atoms with E-state index in [9.17, 15) is 24.3 Å². The van der Waals surface area contributed by atoms with E-state index in [1.807, 2.05) is 13.8 Å². The van der Waals surface area contributed by atoms with Crippen LogP contribution in [0, 0.1) is 0 Å². The van der Waals surface area contributed by atoms with Crippen LogP contribution in [0.4, 0.5) is 4.79 Å². The van der Waals surface area contributed by atoms with E-state index in [1.165, 1.54) is 18.2 Å². The summed E-state index contributed by atoms with van der Waals surface area (Å²) in [5, 5.41) is 12.7. The molecule has 0 saturated heterocycles. The Balaban J connectivity index is 3.30. The van der Waals surface area contributed by atoms with Crippen molar-refractivity contribution in [3.8, 4) is 11.5 Å². The van der Waals surface area contributed by atoms with Gasteiger partial charge in [-0.05, 0) is 44.4 Å². The van der Waals surface area contributed by atoms with Crippen LogP contribution in [0.1, 0.15) is 84.6 Å². The van der Waals surface area contributed by atoms with E-state index in [2.05, 4.69) is 10.1 Å². The van der Waals surface area contributed by atoms with Crippen molar-refractivity contribution < 1.29 is 43.2 Å². The minimum atomic E-state index is -2.15. The fourth-order valence-electron chi connectivity index (χ4n) is 3.45. The highest BCUT2D eigenvalue weighted by molar-refractivity contribution is 5.81. The highest BCUT2D eigenvalue weighted by atomic mass is 16.7. The molecule has 10 nitrogen and oxygen atoms in total. The fourth-order valence-corrected chi connectivity index (χ4v) is 3.45. The SMILES string of the molecule is CCCCCC(=O)Oc1ccc(C[C@](NC(C)C)(OC(=O)OC)C(=O)O)cc1OC(=O)CCCCC. The Kier molecular flexibility index (Phi) is 13.5. The van der Waals surface area contributed by atoms with Crippen molar-refractivity contribution in [2.24, 2.45) is 0 Å². The summed E-state index contributed by atoms with van der Waals surface area (Å²) in [5.41, 5.74) is -1.79. The number of carbonyl (C=O) groups is 4. The van der Waals surface area contributed by atoms with Gasteiger partial charge in [0, 0.05) is 25.3 Å². The van der Waals surface area contributed by atoms with Crippen molar-refractivity contribution in [2.75, 3.05) is 7.11 Å². The molecule has 10 heteroatoms. The van der Waals surface area contributed by atoms with Crippen LogP contribution in [0.25, 0.3) is 0 Å². The van der Waals surface area contributed by atoms with Gasteiger partial charge in [0.25, 0.3) is 5.72 Å². The summed E-state index contributed by atoms with van der Waals surface area (Å²) in [4.78, 5) is 48.8. The molecule has 0 fully saturated rings. The number of ether oxygens (including phenoxy) is 4. The molecule has 1 rings (SSSR count). The standard InChI is InChI=1S/C26H39NO9/c1-6-8-10-12-22(28)34-20-15-14-19(16-21(20)35-23(29)13-11-9-7-2)17-26(24(30)31,27-18(3)4)36-25(32)33-5/h14-16,18,27H,6-13,17H2,1-5H3,(H,30,31)/t26-/m0/s1. The highest BCUT2D eigenvalue weighted by Crippen LogP contribution is 2.31. The van der Waals surface area contributed by atoms with Gasteiger partial charge in [-0.15, -0.1) is 0 Å². The van der Waals surface area contributed by atoms with E-state index < -0.39 is 29.8 Å². The van der Waals surface area contributed by atoms with Gasteiger partial charge in [0.1, 0.15) is 0 Å². The average Bonchev–Trinajstić information content (AvgIpc) is 2.80. The maximum Gasteiger partial charge on any atom is 0.510 e. The summed E-state index contributed by atoms with van der Waals surface area (Å²) in [7, 11) is 1.07. The first-order valence-electron chi connectivity index (χ1n) is 12.4. The van der Waals surface area contributed by atoms with Crippen molar-refractivity contribution in [1.29, 1.82) is 0 Å². The zero-order valence-corrected chi connectivity index (χ0v) is 21.9. The van der Waals surface area contributed by atoms with E-state index in [-0.39, 0.29) is 36.8 Å². The van der Waals surface area contributed by atoms with Gasteiger partial charge in [0.05, 0.1) is 7.11 Å². The number of rotatable bonds is 16. The van der Waals surface area contributed by atoms with Crippen LogP contribution in [-0.2, 0) is 30.3 Å². The molecule has 0 bridgehead atoms. The van der Waals surface area contributed by atoms with E-state index in [0.29, 0.717) is 18.4 Å². The predicted molar refractivity (Wildman–Crippen MR) is 132 cm³/mol. The van der Waals surface area contributed by atoms with Crippen molar-refractivity contribution >= 4 is 24.1 Å². The largest absolute Gasteiger partial charge is 0.510 e. The first-order chi connectivity index (χ1) is 17.1. The van der Waals surface area contributed by atoms with Gasteiger partial charge in [-0.25, -0.2) is 9.59 Å². The Hall–Kier alpha value is -3.14. The summed E-state index contributed by atoms with van der Waals surface area (Å²) >= 11 is 0. The number of carbonyl (C=O) groups excluding carboxylic acids is 3. The number of hydrogen-bond donors (Lipinski definition) is 2. The lowest BCUT2D eigenvalue weighted by Gasteiger charge is -2.31. The first-order valence-corrected chi connectivity index (χ1v) is 12.4. The highest BCUT2D eigenvalue weighted by Gasteiger charge is 2.44. The van der Waals surface area contributed by atoms with Gasteiger partial charge >= 0.3 is 24.1 Å². The Bertz CT molecular complexity index is 884. The molecule has 0 aliphatic carbocycles. The van der Waals surface area contributed by atoms with Gasteiger partial charge < -0.3 is 24.1 Å². The molecule has 1 atom stereocenters. The third kappa shape index (κ3) is 10.6. The molecule has 202 valence electrons. The maximum atomic E-state index is 12.4. The molecule has 0 amide bonds. The molecule has 0 spiro atoms. The predicted octanol–water partition coefficient (Wildman–Crippen LogP) is 4.76. The summed E-state index contributed by atoms with van der Waals surface area (Å²) in [6, 6.07) is 3.99. The van der Waals surface area contributed by atoms with Crippen LogP contribution in [0.15, 0.2) is 18.2 Å². The van der Waals surface area contributed by atoms with E-state index >= 15 is 0 Å². The lowest BCUT2D eigenvalue weighted by atomic mass is 10.0. The molecular weight excluding hydrogens is 470 g/mol. The number of carboxylic acid groups (broad SMARTS) is 1. The Morgan fingerprint density at radius 3 is 1.94 bits per heavy atom. The number of esters is 2. The van der Waals surface area contributed by atoms with Crippen LogP contribution >= 0.6 is 0 Å². The fraction of sp³-hybridized carbons (Fsp3) is 0.615. The van der Waals surface area contributed by atoms with Gasteiger partial charge in [-0.2, -0.15) is 0 Å². The summed E-state index contributed by atoms with van der Waals surface area (Å²) < 4.78 is 20.6. The number of nitrogens with one attached hydrogen (secondary N) is 1.